The van der Waals surface area contributed by atoms with Gasteiger partial charge in [0.15, 0.2) is 0 Å². The van der Waals surface area contributed by atoms with Crippen molar-refractivity contribution in [3.63, 3.8) is 0 Å². The second-order valence-electron chi connectivity index (χ2n) is 5.82. The Kier molecular flexibility index (Phi) is 7.68. The molecule has 0 amide bonds. The zero-order valence-electron chi connectivity index (χ0n) is 12.9. The molecule has 0 aromatic heterocycles. The lowest BCUT2D eigenvalue weighted by Gasteiger charge is -2.32. The van der Waals surface area contributed by atoms with Crippen LogP contribution in [0.15, 0.2) is 12.2 Å². The van der Waals surface area contributed by atoms with Gasteiger partial charge < -0.3 is 9.05 Å². The second kappa shape index (κ2) is 7.64. The van der Waals surface area contributed by atoms with Gasteiger partial charge in [-0.25, -0.2) is 0 Å². The minimum Gasteiger partial charge on any atom is -0.309 e. The molecule has 3 nitrogen and oxygen atoms in total. The summed E-state index contributed by atoms with van der Waals surface area (Å²) in [6, 6.07) is 0. The zero-order valence-corrected chi connectivity index (χ0v) is 14.8. The SMILES string of the molecule is CCOP(=O)(OCC)C(/C=C/C(C)C)[Si](C)(C)C. The van der Waals surface area contributed by atoms with Crippen LogP contribution in [0.25, 0.3) is 0 Å². The number of hydrogen-bond donors (Lipinski definition) is 0. The van der Waals surface area contributed by atoms with Gasteiger partial charge in [0.05, 0.1) is 26.6 Å². The van der Waals surface area contributed by atoms with E-state index in [4.69, 9.17) is 9.05 Å². The van der Waals surface area contributed by atoms with Crippen LogP contribution in [0.3, 0.4) is 0 Å². The Morgan fingerprint density at radius 3 is 1.78 bits per heavy atom. The van der Waals surface area contributed by atoms with Crippen LogP contribution >= 0.6 is 7.60 Å². The van der Waals surface area contributed by atoms with Crippen molar-refractivity contribution in [2.75, 3.05) is 13.2 Å². The lowest BCUT2D eigenvalue weighted by atomic mass is 10.2. The van der Waals surface area contributed by atoms with Crippen molar-refractivity contribution in [2.24, 2.45) is 5.92 Å². The number of hydrogen-bond acceptors (Lipinski definition) is 3. The Hall–Kier alpha value is 0.107. The summed E-state index contributed by atoms with van der Waals surface area (Å²) < 4.78 is 23.9. The Labute approximate surface area is 113 Å². The Bertz CT molecular complexity index is 298. The fraction of sp³-hybridized carbons (Fsp3) is 0.846. The average molecular weight is 292 g/mol. The molecule has 0 aromatic carbocycles. The molecule has 0 saturated carbocycles. The molecule has 0 aliphatic heterocycles. The van der Waals surface area contributed by atoms with E-state index in [-0.39, 0.29) is 5.28 Å². The highest BCUT2D eigenvalue weighted by molar-refractivity contribution is 7.58. The van der Waals surface area contributed by atoms with Crippen LogP contribution in [0.5, 0.6) is 0 Å². The molecule has 18 heavy (non-hydrogen) atoms. The van der Waals surface area contributed by atoms with E-state index in [1.54, 1.807) is 0 Å². The largest absolute Gasteiger partial charge is 0.334 e. The van der Waals surface area contributed by atoms with Crippen LogP contribution in [0.2, 0.25) is 19.6 Å². The number of rotatable bonds is 8. The summed E-state index contributed by atoms with van der Waals surface area (Å²) in [5, 5.41) is -0.0766. The molecule has 1 atom stereocenters. The summed E-state index contributed by atoms with van der Waals surface area (Å²) >= 11 is 0. The van der Waals surface area contributed by atoms with Gasteiger partial charge in [0.25, 0.3) is 0 Å². The number of allylic oxidation sites excluding steroid dienone is 2. The predicted octanol–water partition coefficient (Wildman–Crippen LogP) is 4.71. The molecular formula is C13H29O3PSi. The highest BCUT2D eigenvalue weighted by Gasteiger charge is 2.42. The quantitative estimate of drug-likeness (QED) is 0.369. The van der Waals surface area contributed by atoms with Crippen molar-refractivity contribution >= 4 is 15.7 Å². The van der Waals surface area contributed by atoms with Crippen molar-refractivity contribution in [3.05, 3.63) is 12.2 Å². The maximum atomic E-state index is 12.9. The van der Waals surface area contributed by atoms with E-state index < -0.39 is 15.7 Å². The molecule has 1 unspecified atom stereocenters. The Balaban J connectivity index is 5.31. The lowest BCUT2D eigenvalue weighted by molar-refractivity contribution is 0.219. The molecule has 108 valence electrons. The van der Waals surface area contributed by atoms with Gasteiger partial charge in [-0.15, -0.1) is 0 Å². The van der Waals surface area contributed by atoms with Crippen LogP contribution in [-0.4, -0.2) is 26.6 Å². The third kappa shape index (κ3) is 5.83. The first kappa shape index (κ1) is 18.1. The molecule has 0 aliphatic carbocycles. The van der Waals surface area contributed by atoms with Crippen molar-refractivity contribution in [1.29, 1.82) is 0 Å². The molecule has 0 radical (unpaired) electrons. The van der Waals surface area contributed by atoms with Gasteiger partial charge in [-0.1, -0.05) is 45.6 Å². The van der Waals surface area contributed by atoms with E-state index in [1.807, 2.05) is 13.8 Å². The molecule has 0 aromatic rings. The molecule has 0 saturated heterocycles. The lowest BCUT2D eigenvalue weighted by Crippen LogP contribution is -2.37. The van der Waals surface area contributed by atoms with Crippen molar-refractivity contribution in [2.45, 2.75) is 52.6 Å². The van der Waals surface area contributed by atoms with E-state index in [2.05, 4.69) is 45.6 Å². The van der Waals surface area contributed by atoms with Gasteiger partial charge >= 0.3 is 7.60 Å². The molecule has 0 fully saturated rings. The third-order valence-corrected chi connectivity index (χ3v) is 9.85. The normalized spacial score (nSPS) is 15.6. The van der Waals surface area contributed by atoms with Crippen LogP contribution in [0.4, 0.5) is 0 Å². The molecule has 0 N–H and O–H groups in total. The second-order valence-corrected chi connectivity index (χ2v) is 13.8. The third-order valence-electron chi connectivity index (χ3n) is 2.52. The average Bonchev–Trinajstić information content (AvgIpc) is 2.15. The summed E-state index contributed by atoms with van der Waals surface area (Å²) in [5.41, 5.74) is 0. The maximum Gasteiger partial charge on any atom is 0.334 e. The summed E-state index contributed by atoms with van der Waals surface area (Å²) in [7, 11) is -4.70. The van der Waals surface area contributed by atoms with Crippen LogP contribution in [-0.2, 0) is 13.6 Å². The highest BCUT2D eigenvalue weighted by atomic mass is 31.2. The zero-order chi connectivity index (χ0) is 14.4. The Morgan fingerprint density at radius 2 is 1.50 bits per heavy atom. The van der Waals surface area contributed by atoms with Crippen LogP contribution in [0.1, 0.15) is 27.7 Å². The van der Waals surface area contributed by atoms with E-state index >= 15 is 0 Å². The first-order chi connectivity index (χ1) is 8.17. The standard InChI is InChI=1S/C13H29O3PSi/c1-8-15-17(14,16-9-2)13(18(5,6)7)11-10-12(3)4/h10-13H,8-9H2,1-7H3/b11-10+. The van der Waals surface area contributed by atoms with Crippen molar-refractivity contribution in [1.82, 2.24) is 0 Å². The molecule has 5 heteroatoms. The van der Waals surface area contributed by atoms with E-state index in [0.717, 1.165) is 0 Å². The van der Waals surface area contributed by atoms with Crippen molar-refractivity contribution < 1.29 is 13.6 Å². The van der Waals surface area contributed by atoms with Gasteiger partial charge in [0.1, 0.15) is 0 Å². The minimum absolute atomic E-state index is 0.0766. The summed E-state index contributed by atoms with van der Waals surface area (Å²) in [6.45, 7) is 15.4. The molecule has 0 bridgehead atoms. The summed E-state index contributed by atoms with van der Waals surface area (Å²) in [6.07, 6.45) is 4.16. The van der Waals surface area contributed by atoms with Crippen molar-refractivity contribution in [3.8, 4) is 0 Å². The van der Waals surface area contributed by atoms with Crippen LogP contribution in [0, 0.1) is 5.92 Å². The summed E-state index contributed by atoms with van der Waals surface area (Å²) in [5.74, 6) is 0.445. The van der Waals surface area contributed by atoms with Gasteiger partial charge in [0, 0.05) is 0 Å². The van der Waals surface area contributed by atoms with Gasteiger partial charge in [0.2, 0.25) is 0 Å². The predicted molar refractivity (Wildman–Crippen MR) is 82.0 cm³/mol. The molecule has 0 heterocycles. The van der Waals surface area contributed by atoms with E-state index in [0.29, 0.717) is 19.1 Å². The van der Waals surface area contributed by atoms with E-state index in [1.165, 1.54) is 0 Å². The molecular weight excluding hydrogens is 263 g/mol. The van der Waals surface area contributed by atoms with Gasteiger partial charge in [-0.05, 0) is 19.8 Å². The smallest absolute Gasteiger partial charge is 0.309 e. The van der Waals surface area contributed by atoms with Gasteiger partial charge in [-0.3, -0.25) is 4.57 Å². The fourth-order valence-corrected chi connectivity index (χ4v) is 8.11. The molecule has 0 aliphatic rings. The van der Waals surface area contributed by atoms with E-state index in [9.17, 15) is 4.57 Å². The first-order valence-electron chi connectivity index (χ1n) is 6.74. The van der Waals surface area contributed by atoms with Crippen LogP contribution < -0.4 is 0 Å². The summed E-state index contributed by atoms with van der Waals surface area (Å²) in [4.78, 5) is 0. The highest BCUT2D eigenvalue weighted by Crippen LogP contribution is 2.56. The first-order valence-corrected chi connectivity index (χ1v) is 11.9. The minimum atomic E-state index is -3.03. The maximum absolute atomic E-state index is 12.9. The van der Waals surface area contributed by atoms with Gasteiger partial charge in [-0.2, -0.15) is 0 Å². The molecule has 0 rings (SSSR count). The monoisotopic (exact) mass is 292 g/mol. The molecule has 0 spiro atoms. The topological polar surface area (TPSA) is 35.5 Å². The Morgan fingerprint density at radius 1 is 1.06 bits per heavy atom. The fourth-order valence-electron chi connectivity index (χ4n) is 1.75.